The van der Waals surface area contributed by atoms with Crippen LogP contribution in [0.2, 0.25) is 0 Å². The van der Waals surface area contributed by atoms with Gasteiger partial charge in [0.25, 0.3) is 5.91 Å². The molecule has 26 heavy (non-hydrogen) atoms. The van der Waals surface area contributed by atoms with Crippen LogP contribution in [0.15, 0.2) is 41.8 Å². The fourth-order valence-electron chi connectivity index (χ4n) is 3.60. The Labute approximate surface area is 162 Å². The number of anilines is 1. The quantitative estimate of drug-likeness (QED) is 0.628. The van der Waals surface area contributed by atoms with Crippen molar-refractivity contribution in [3.8, 4) is 0 Å². The van der Waals surface area contributed by atoms with E-state index in [1.54, 1.807) is 11.3 Å². The van der Waals surface area contributed by atoms with Crippen LogP contribution < -0.4 is 4.90 Å². The molecule has 0 saturated carbocycles. The number of hydrogen-bond donors (Lipinski definition) is 0. The number of carbonyl (C=O) groups excluding carboxylic acids is 1. The van der Waals surface area contributed by atoms with E-state index in [1.165, 1.54) is 16.0 Å². The van der Waals surface area contributed by atoms with Gasteiger partial charge in [-0.1, -0.05) is 36.5 Å². The van der Waals surface area contributed by atoms with Crippen molar-refractivity contribution < 1.29 is 4.79 Å². The number of benzene rings is 1. The van der Waals surface area contributed by atoms with Crippen LogP contribution in [0.5, 0.6) is 0 Å². The summed E-state index contributed by atoms with van der Waals surface area (Å²) in [6.45, 7) is 4.90. The monoisotopic (exact) mass is 385 g/mol. The number of hydrogen-bond acceptors (Lipinski definition) is 5. The third kappa shape index (κ3) is 3.48. The number of thiazole rings is 1. The summed E-state index contributed by atoms with van der Waals surface area (Å²) in [7, 11) is 0. The van der Waals surface area contributed by atoms with Crippen molar-refractivity contribution >= 4 is 43.9 Å². The van der Waals surface area contributed by atoms with E-state index >= 15 is 0 Å². The van der Waals surface area contributed by atoms with Crippen LogP contribution in [-0.4, -0.2) is 41.5 Å². The van der Waals surface area contributed by atoms with Crippen molar-refractivity contribution in [1.29, 1.82) is 0 Å². The first-order valence-corrected chi connectivity index (χ1v) is 10.9. The maximum atomic E-state index is 12.9. The minimum Gasteiger partial charge on any atom is -0.348 e. The summed E-state index contributed by atoms with van der Waals surface area (Å²) in [6.07, 6.45) is 3.01. The Balaban J connectivity index is 1.45. The Hall–Kier alpha value is -1.92. The lowest BCUT2D eigenvalue weighted by Crippen LogP contribution is -2.47. The average Bonchev–Trinajstić information content (AvgIpc) is 3.35. The van der Waals surface area contributed by atoms with E-state index in [1.807, 2.05) is 23.6 Å². The van der Waals surface area contributed by atoms with Crippen molar-refractivity contribution in [1.82, 2.24) is 9.88 Å². The van der Waals surface area contributed by atoms with Crippen LogP contribution in [-0.2, 0) is 0 Å². The highest BCUT2D eigenvalue weighted by Crippen LogP contribution is 2.31. The Bertz CT molecular complexity index is 833. The van der Waals surface area contributed by atoms with Crippen LogP contribution in [0.4, 0.5) is 5.13 Å². The number of thiophene rings is 1. The van der Waals surface area contributed by atoms with Gasteiger partial charge in [-0.05, 0) is 42.8 Å². The Morgan fingerprint density at radius 1 is 1.23 bits per heavy atom. The summed E-state index contributed by atoms with van der Waals surface area (Å²) < 4.78 is 1.24. The largest absolute Gasteiger partial charge is 0.348 e. The van der Waals surface area contributed by atoms with E-state index in [-0.39, 0.29) is 5.91 Å². The number of rotatable bonds is 5. The predicted octanol–water partition coefficient (Wildman–Crippen LogP) is 4.88. The van der Waals surface area contributed by atoms with Crippen LogP contribution in [0, 0.1) is 0 Å². The summed E-state index contributed by atoms with van der Waals surface area (Å²) in [5.41, 5.74) is 1.08. The lowest BCUT2D eigenvalue weighted by molar-refractivity contribution is 0.0655. The van der Waals surface area contributed by atoms with Crippen molar-refractivity contribution in [2.24, 2.45) is 0 Å². The second kappa shape index (κ2) is 7.76. The molecule has 2 aromatic heterocycles. The molecule has 136 valence electrons. The first kappa shape index (κ1) is 17.5. The van der Waals surface area contributed by atoms with Gasteiger partial charge in [-0.2, -0.15) is 0 Å². The van der Waals surface area contributed by atoms with Gasteiger partial charge in [0.2, 0.25) is 0 Å². The molecule has 0 spiro atoms. The molecule has 6 heteroatoms. The second-order valence-corrected chi connectivity index (χ2v) is 8.62. The van der Waals surface area contributed by atoms with Crippen LogP contribution in [0.3, 0.4) is 0 Å². The van der Waals surface area contributed by atoms with E-state index in [0.717, 1.165) is 54.4 Å². The van der Waals surface area contributed by atoms with Gasteiger partial charge in [0.05, 0.1) is 15.1 Å². The molecule has 3 aromatic rings. The van der Waals surface area contributed by atoms with E-state index in [4.69, 9.17) is 4.98 Å². The van der Waals surface area contributed by atoms with Crippen LogP contribution in [0.1, 0.15) is 35.9 Å². The molecule has 0 N–H and O–H groups in total. The first-order chi connectivity index (χ1) is 12.8. The molecule has 0 unspecified atom stereocenters. The van der Waals surface area contributed by atoms with Crippen LogP contribution in [0.25, 0.3) is 10.2 Å². The first-order valence-electron chi connectivity index (χ1n) is 9.21. The van der Waals surface area contributed by atoms with Gasteiger partial charge < -0.3 is 9.80 Å². The molecule has 0 aliphatic carbocycles. The van der Waals surface area contributed by atoms with Gasteiger partial charge in [0.1, 0.15) is 0 Å². The van der Waals surface area contributed by atoms with Crippen LogP contribution >= 0.6 is 22.7 Å². The SMILES string of the molecule is CCCN(C(=O)c1cccs1)C1CCN(c2nc3ccccc3s2)CC1. The highest BCUT2D eigenvalue weighted by Gasteiger charge is 2.29. The van der Waals surface area contributed by atoms with E-state index in [9.17, 15) is 4.79 Å². The molecule has 0 bridgehead atoms. The second-order valence-electron chi connectivity index (χ2n) is 6.66. The summed E-state index contributed by atoms with van der Waals surface area (Å²) in [4.78, 5) is 23.0. The number of fused-ring (bicyclic) bond motifs is 1. The standard InChI is InChI=1S/C20H23N3OS2/c1-2-11-23(19(24)18-8-5-14-25-18)15-9-12-22(13-10-15)20-21-16-6-3-4-7-17(16)26-20/h3-8,14-15H,2,9-13H2,1H3. The van der Waals surface area contributed by atoms with E-state index in [2.05, 4.69) is 34.9 Å². The van der Waals surface area contributed by atoms with Gasteiger partial charge in [-0.3, -0.25) is 4.79 Å². The molecule has 1 aliphatic heterocycles. The Kier molecular flexibility index (Phi) is 5.22. The third-order valence-corrected chi connectivity index (χ3v) is 6.87. The number of piperidine rings is 1. The number of amides is 1. The fourth-order valence-corrected chi connectivity index (χ4v) is 5.29. The molecule has 1 amide bonds. The summed E-state index contributed by atoms with van der Waals surface area (Å²) in [5.74, 6) is 0.195. The molecule has 0 atom stereocenters. The normalized spacial score (nSPS) is 15.5. The Morgan fingerprint density at radius 3 is 2.73 bits per heavy atom. The van der Waals surface area contributed by atoms with Crippen molar-refractivity contribution in [2.75, 3.05) is 24.5 Å². The zero-order chi connectivity index (χ0) is 17.9. The van der Waals surface area contributed by atoms with E-state index < -0.39 is 0 Å². The minimum atomic E-state index is 0.195. The molecule has 1 saturated heterocycles. The summed E-state index contributed by atoms with van der Waals surface area (Å²) in [5, 5.41) is 3.09. The molecular weight excluding hydrogens is 362 g/mol. The Morgan fingerprint density at radius 2 is 2.04 bits per heavy atom. The van der Waals surface area contributed by atoms with Gasteiger partial charge in [-0.15, -0.1) is 11.3 Å². The number of nitrogens with zero attached hydrogens (tertiary/aromatic N) is 3. The topological polar surface area (TPSA) is 36.4 Å². The highest BCUT2D eigenvalue weighted by molar-refractivity contribution is 7.22. The smallest absolute Gasteiger partial charge is 0.264 e. The predicted molar refractivity (Wildman–Crippen MR) is 111 cm³/mol. The molecule has 1 aromatic carbocycles. The van der Waals surface area contributed by atoms with Crippen molar-refractivity contribution in [3.05, 3.63) is 46.7 Å². The summed E-state index contributed by atoms with van der Waals surface area (Å²) >= 11 is 3.30. The lowest BCUT2D eigenvalue weighted by Gasteiger charge is -2.38. The van der Waals surface area contributed by atoms with Gasteiger partial charge in [0.15, 0.2) is 5.13 Å². The zero-order valence-corrected chi connectivity index (χ0v) is 16.6. The number of carbonyl (C=O) groups is 1. The van der Waals surface area contributed by atoms with Crippen molar-refractivity contribution in [3.63, 3.8) is 0 Å². The minimum absolute atomic E-state index is 0.195. The van der Waals surface area contributed by atoms with Gasteiger partial charge >= 0.3 is 0 Å². The zero-order valence-electron chi connectivity index (χ0n) is 14.9. The molecular formula is C20H23N3OS2. The molecule has 4 nitrogen and oxygen atoms in total. The maximum Gasteiger partial charge on any atom is 0.264 e. The fraction of sp³-hybridized carbons (Fsp3) is 0.400. The summed E-state index contributed by atoms with van der Waals surface area (Å²) in [6, 6.07) is 12.5. The van der Waals surface area contributed by atoms with Crippen molar-refractivity contribution in [2.45, 2.75) is 32.2 Å². The maximum absolute atomic E-state index is 12.9. The molecule has 1 aliphatic rings. The van der Waals surface area contributed by atoms with E-state index in [0.29, 0.717) is 6.04 Å². The molecule has 0 radical (unpaired) electrons. The average molecular weight is 386 g/mol. The number of para-hydroxylation sites is 1. The third-order valence-electron chi connectivity index (χ3n) is 4.92. The van der Waals surface area contributed by atoms with Gasteiger partial charge in [0, 0.05) is 25.7 Å². The molecule has 3 heterocycles. The molecule has 1 fully saturated rings. The molecule has 4 rings (SSSR count). The number of aromatic nitrogens is 1. The lowest BCUT2D eigenvalue weighted by atomic mass is 10.0. The highest BCUT2D eigenvalue weighted by atomic mass is 32.1. The van der Waals surface area contributed by atoms with Gasteiger partial charge in [-0.25, -0.2) is 4.98 Å².